The molecule has 1 aromatic heterocycles. The van der Waals surface area contributed by atoms with E-state index in [0.717, 1.165) is 5.56 Å². The zero-order valence-corrected chi connectivity index (χ0v) is 17.4. The predicted molar refractivity (Wildman–Crippen MR) is 109 cm³/mol. The van der Waals surface area contributed by atoms with Gasteiger partial charge in [-0.2, -0.15) is 0 Å². The molecular weight excluding hydrogens is 386 g/mol. The van der Waals surface area contributed by atoms with Crippen molar-refractivity contribution in [2.75, 3.05) is 6.54 Å². The number of amides is 2. The molecule has 1 aliphatic heterocycles. The molecule has 2 amide bonds. The number of nitrogens with zero attached hydrogens (tertiary/aromatic N) is 2. The summed E-state index contributed by atoms with van der Waals surface area (Å²) < 4.78 is 5.08. The van der Waals surface area contributed by atoms with Crippen LogP contribution >= 0.6 is 0 Å². The van der Waals surface area contributed by atoms with E-state index in [0.29, 0.717) is 17.0 Å². The van der Waals surface area contributed by atoms with Crippen molar-refractivity contribution in [2.45, 2.75) is 52.3 Å². The van der Waals surface area contributed by atoms with Crippen LogP contribution in [0.5, 0.6) is 0 Å². The molecule has 0 spiro atoms. The summed E-state index contributed by atoms with van der Waals surface area (Å²) in [5.41, 5.74) is 2.16. The summed E-state index contributed by atoms with van der Waals surface area (Å²) in [6.45, 7) is 5.84. The number of carbonyl (C=O) groups is 3. The standard InChI is InChI=1S/C22H27N3O5/c1-13(2)21(28)16-6-4-15(5-7-16)11-23-22(29)19-9-17(26)12-25(19)20(27)10-18-8-14(3)24-30-18/h4-8,13,17,19,26H,9-12H2,1-3H3,(H,23,29)/t17?,19-/m0/s1. The van der Waals surface area contributed by atoms with Crippen molar-refractivity contribution in [3.8, 4) is 0 Å². The van der Waals surface area contributed by atoms with Crippen LogP contribution in [0.15, 0.2) is 34.9 Å². The van der Waals surface area contributed by atoms with Gasteiger partial charge in [-0.05, 0) is 12.5 Å². The Bertz CT molecular complexity index is 919. The summed E-state index contributed by atoms with van der Waals surface area (Å²) in [5.74, 6) is -0.195. The highest BCUT2D eigenvalue weighted by molar-refractivity contribution is 5.97. The van der Waals surface area contributed by atoms with Crippen molar-refractivity contribution in [1.82, 2.24) is 15.4 Å². The number of rotatable bonds is 7. The van der Waals surface area contributed by atoms with Gasteiger partial charge in [-0.3, -0.25) is 14.4 Å². The van der Waals surface area contributed by atoms with Gasteiger partial charge < -0.3 is 19.8 Å². The minimum Gasteiger partial charge on any atom is -0.391 e. The van der Waals surface area contributed by atoms with Gasteiger partial charge in [0, 0.05) is 37.1 Å². The van der Waals surface area contributed by atoms with Crippen molar-refractivity contribution in [2.24, 2.45) is 5.92 Å². The van der Waals surface area contributed by atoms with Crippen molar-refractivity contribution in [1.29, 1.82) is 0 Å². The normalized spacial score (nSPS) is 18.6. The van der Waals surface area contributed by atoms with E-state index in [1.54, 1.807) is 37.3 Å². The molecule has 2 atom stereocenters. The maximum atomic E-state index is 12.7. The molecule has 2 aromatic rings. The minimum atomic E-state index is -0.748. The average molecular weight is 413 g/mol. The number of likely N-dealkylation sites (tertiary alicyclic amines) is 1. The summed E-state index contributed by atoms with van der Waals surface area (Å²) in [7, 11) is 0. The van der Waals surface area contributed by atoms with Crippen LogP contribution in [0.4, 0.5) is 0 Å². The molecule has 30 heavy (non-hydrogen) atoms. The van der Waals surface area contributed by atoms with E-state index >= 15 is 0 Å². The molecule has 1 fully saturated rings. The molecule has 8 heteroatoms. The van der Waals surface area contributed by atoms with Gasteiger partial charge in [-0.1, -0.05) is 43.3 Å². The van der Waals surface area contributed by atoms with Gasteiger partial charge in [0.25, 0.3) is 0 Å². The third-order valence-corrected chi connectivity index (χ3v) is 5.13. The summed E-state index contributed by atoms with van der Waals surface area (Å²) in [6.07, 6.45) is -0.570. The molecule has 0 aliphatic carbocycles. The number of nitrogens with one attached hydrogen (secondary N) is 1. The second-order valence-electron chi connectivity index (χ2n) is 8.00. The van der Waals surface area contributed by atoms with Gasteiger partial charge in [0.15, 0.2) is 5.78 Å². The van der Waals surface area contributed by atoms with Crippen molar-refractivity contribution < 1.29 is 24.0 Å². The summed E-state index contributed by atoms with van der Waals surface area (Å²) >= 11 is 0. The Morgan fingerprint density at radius 1 is 1.27 bits per heavy atom. The molecule has 0 bridgehead atoms. The van der Waals surface area contributed by atoms with Crippen LogP contribution in [0.25, 0.3) is 0 Å². The first-order chi connectivity index (χ1) is 14.2. The largest absolute Gasteiger partial charge is 0.391 e. The Morgan fingerprint density at radius 3 is 2.57 bits per heavy atom. The first kappa shape index (κ1) is 21.7. The smallest absolute Gasteiger partial charge is 0.243 e. The molecule has 1 aliphatic rings. The molecular formula is C22H27N3O5. The number of aliphatic hydroxyl groups is 1. The molecule has 0 radical (unpaired) electrons. The Labute approximate surface area is 175 Å². The highest BCUT2D eigenvalue weighted by Gasteiger charge is 2.38. The SMILES string of the molecule is Cc1cc(CC(=O)N2CC(O)C[C@H]2C(=O)NCc2ccc(C(=O)C(C)C)cc2)on1. The minimum absolute atomic E-state index is 0.0112. The fourth-order valence-electron chi connectivity index (χ4n) is 3.52. The van der Waals surface area contributed by atoms with Crippen LogP contribution in [0.3, 0.4) is 0 Å². The maximum absolute atomic E-state index is 12.7. The molecule has 8 nitrogen and oxygen atoms in total. The van der Waals surface area contributed by atoms with E-state index in [4.69, 9.17) is 4.52 Å². The topological polar surface area (TPSA) is 113 Å². The van der Waals surface area contributed by atoms with Gasteiger partial charge in [-0.25, -0.2) is 0 Å². The fourth-order valence-corrected chi connectivity index (χ4v) is 3.52. The first-order valence-electron chi connectivity index (χ1n) is 10.0. The lowest BCUT2D eigenvalue weighted by Gasteiger charge is -2.23. The number of β-amino-alcohol motifs (C(OH)–C–C–N with tert-alkyl or cyclic N) is 1. The number of aromatic nitrogens is 1. The molecule has 1 aromatic carbocycles. The van der Waals surface area contributed by atoms with Crippen LogP contribution in [0, 0.1) is 12.8 Å². The van der Waals surface area contributed by atoms with Crippen LogP contribution in [-0.4, -0.2) is 51.5 Å². The van der Waals surface area contributed by atoms with Gasteiger partial charge in [0.05, 0.1) is 18.2 Å². The number of aliphatic hydroxyl groups excluding tert-OH is 1. The molecule has 0 saturated carbocycles. The lowest BCUT2D eigenvalue weighted by atomic mass is 10.00. The molecule has 2 heterocycles. The Kier molecular flexibility index (Phi) is 6.66. The molecule has 3 rings (SSSR count). The van der Waals surface area contributed by atoms with Gasteiger partial charge in [0.2, 0.25) is 11.8 Å². The van der Waals surface area contributed by atoms with Gasteiger partial charge >= 0.3 is 0 Å². The fraction of sp³-hybridized carbons (Fsp3) is 0.455. The van der Waals surface area contributed by atoms with Gasteiger partial charge in [-0.15, -0.1) is 0 Å². The Hall–Kier alpha value is -3.00. The van der Waals surface area contributed by atoms with E-state index in [9.17, 15) is 19.5 Å². The van der Waals surface area contributed by atoms with Crippen LogP contribution < -0.4 is 5.32 Å². The third kappa shape index (κ3) is 5.13. The zero-order chi connectivity index (χ0) is 21.8. The van der Waals surface area contributed by atoms with Crippen molar-refractivity contribution in [3.63, 3.8) is 0 Å². The number of benzene rings is 1. The highest BCUT2D eigenvalue weighted by atomic mass is 16.5. The molecule has 160 valence electrons. The number of aryl methyl sites for hydroxylation is 1. The summed E-state index contributed by atoms with van der Waals surface area (Å²) in [4.78, 5) is 38.7. The zero-order valence-electron chi connectivity index (χ0n) is 17.4. The van der Waals surface area contributed by atoms with Gasteiger partial charge in [0.1, 0.15) is 11.8 Å². The van der Waals surface area contributed by atoms with Crippen LogP contribution in [0.2, 0.25) is 0 Å². The third-order valence-electron chi connectivity index (χ3n) is 5.13. The average Bonchev–Trinajstić information content (AvgIpc) is 3.31. The van der Waals surface area contributed by atoms with Crippen molar-refractivity contribution >= 4 is 17.6 Å². The van der Waals surface area contributed by atoms with Crippen LogP contribution in [0.1, 0.15) is 47.6 Å². The van der Waals surface area contributed by atoms with E-state index < -0.39 is 12.1 Å². The van der Waals surface area contributed by atoms with E-state index in [2.05, 4.69) is 10.5 Å². The number of Topliss-reactive ketones (excluding diaryl/α,β-unsaturated/α-hetero) is 1. The maximum Gasteiger partial charge on any atom is 0.243 e. The first-order valence-corrected chi connectivity index (χ1v) is 10.0. The predicted octanol–water partition coefficient (Wildman–Crippen LogP) is 1.64. The van der Waals surface area contributed by atoms with Crippen LogP contribution in [-0.2, 0) is 22.6 Å². The number of hydrogen-bond acceptors (Lipinski definition) is 6. The second-order valence-corrected chi connectivity index (χ2v) is 8.00. The summed E-state index contributed by atoms with van der Waals surface area (Å²) in [5, 5.41) is 16.6. The molecule has 1 unspecified atom stereocenters. The molecule has 1 saturated heterocycles. The highest BCUT2D eigenvalue weighted by Crippen LogP contribution is 2.20. The van der Waals surface area contributed by atoms with Crippen molar-refractivity contribution in [3.05, 3.63) is 52.9 Å². The molecule has 2 N–H and O–H groups in total. The van der Waals surface area contributed by atoms with E-state index in [1.807, 2.05) is 13.8 Å². The Balaban J connectivity index is 1.59. The lowest BCUT2D eigenvalue weighted by Crippen LogP contribution is -2.46. The Morgan fingerprint density at radius 2 is 1.97 bits per heavy atom. The second kappa shape index (κ2) is 9.21. The van der Waals surface area contributed by atoms with E-state index in [-0.39, 0.29) is 49.4 Å². The monoisotopic (exact) mass is 413 g/mol. The number of ketones is 1. The number of hydrogen-bond donors (Lipinski definition) is 2. The summed E-state index contributed by atoms with van der Waals surface area (Å²) in [6, 6.07) is 8.03. The van der Waals surface area contributed by atoms with E-state index in [1.165, 1.54) is 4.90 Å². The quantitative estimate of drug-likeness (QED) is 0.668. The lowest BCUT2D eigenvalue weighted by molar-refractivity contribution is -0.138. The number of carbonyl (C=O) groups excluding carboxylic acids is 3.